The van der Waals surface area contributed by atoms with Gasteiger partial charge in [0.1, 0.15) is 5.76 Å². The molecule has 0 unspecified atom stereocenters. The highest BCUT2D eigenvalue weighted by atomic mass is 32.2. The van der Waals surface area contributed by atoms with Crippen LogP contribution in [0.5, 0.6) is 5.75 Å². The minimum Gasteiger partial charge on any atom is -0.494 e. The second-order valence-electron chi connectivity index (χ2n) is 6.31. The first kappa shape index (κ1) is 18.8. The number of ether oxygens (including phenoxy) is 2. The van der Waals surface area contributed by atoms with Crippen LogP contribution in [0, 0.1) is 5.82 Å². The summed E-state index contributed by atoms with van der Waals surface area (Å²) < 4.78 is 31.9. The van der Waals surface area contributed by atoms with Crippen LogP contribution in [0.25, 0.3) is 0 Å². The molecule has 0 aliphatic carbocycles. The van der Waals surface area contributed by atoms with Gasteiger partial charge in [0.25, 0.3) is 0 Å². The van der Waals surface area contributed by atoms with E-state index in [0.29, 0.717) is 25.5 Å². The fraction of sp³-hybridized carbons (Fsp3) is 0.368. The molecule has 1 aliphatic rings. The van der Waals surface area contributed by atoms with Crippen LogP contribution >= 0.6 is 11.8 Å². The Hall–Kier alpha value is -2.52. The van der Waals surface area contributed by atoms with Gasteiger partial charge in [-0.3, -0.25) is 4.57 Å². The molecule has 1 saturated heterocycles. The second-order valence-corrected chi connectivity index (χ2v) is 7.25. The van der Waals surface area contributed by atoms with Crippen molar-refractivity contribution in [3.63, 3.8) is 0 Å². The van der Waals surface area contributed by atoms with E-state index < -0.39 is 0 Å². The molecule has 2 aromatic heterocycles. The molecular weight excluding hydrogens is 383 g/mol. The zero-order chi connectivity index (χ0) is 19.3. The van der Waals surface area contributed by atoms with E-state index in [9.17, 15) is 4.39 Å². The van der Waals surface area contributed by atoms with Crippen LogP contribution in [-0.2, 0) is 17.0 Å². The fourth-order valence-electron chi connectivity index (χ4n) is 3.03. The first-order valence-corrected chi connectivity index (χ1v) is 9.96. The van der Waals surface area contributed by atoms with E-state index in [1.54, 1.807) is 12.3 Å². The lowest BCUT2D eigenvalue weighted by Crippen LogP contribution is -2.38. The van der Waals surface area contributed by atoms with Crippen molar-refractivity contribution in [1.82, 2.24) is 14.8 Å². The van der Waals surface area contributed by atoms with Gasteiger partial charge in [0.05, 0.1) is 33.1 Å². The van der Waals surface area contributed by atoms with Crippen LogP contribution in [-0.4, -0.2) is 48.2 Å². The SMILES string of the molecule is COc1ccc(CSc2nnc(N3CCOCC3)n2Cc2ccco2)cc1F. The van der Waals surface area contributed by atoms with Gasteiger partial charge in [-0.2, -0.15) is 0 Å². The Kier molecular flexibility index (Phi) is 5.82. The van der Waals surface area contributed by atoms with Gasteiger partial charge >= 0.3 is 0 Å². The van der Waals surface area contributed by atoms with Gasteiger partial charge in [0.15, 0.2) is 16.7 Å². The van der Waals surface area contributed by atoms with Crippen LogP contribution in [0.1, 0.15) is 11.3 Å². The largest absolute Gasteiger partial charge is 0.494 e. The van der Waals surface area contributed by atoms with E-state index in [-0.39, 0.29) is 11.6 Å². The molecule has 7 nitrogen and oxygen atoms in total. The molecule has 148 valence electrons. The summed E-state index contributed by atoms with van der Waals surface area (Å²) in [5.41, 5.74) is 0.851. The quantitative estimate of drug-likeness (QED) is 0.560. The molecule has 9 heteroatoms. The maximum atomic E-state index is 14.0. The predicted octanol–water partition coefficient (Wildman–Crippen LogP) is 3.20. The zero-order valence-corrected chi connectivity index (χ0v) is 16.3. The molecule has 0 atom stereocenters. The minimum absolute atomic E-state index is 0.240. The molecular formula is C19H21FN4O3S. The fourth-order valence-corrected chi connectivity index (χ4v) is 3.91. The van der Waals surface area contributed by atoms with Crippen molar-refractivity contribution >= 4 is 17.7 Å². The maximum absolute atomic E-state index is 14.0. The number of anilines is 1. The summed E-state index contributed by atoms with van der Waals surface area (Å²) in [4.78, 5) is 2.16. The number of morpholine rings is 1. The average molecular weight is 404 g/mol. The van der Waals surface area contributed by atoms with Crippen LogP contribution in [0.2, 0.25) is 0 Å². The smallest absolute Gasteiger partial charge is 0.228 e. The molecule has 0 spiro atoms. The van der Waals surface area contributed by atoms with E-state index in [1.165, 1.54) is 24.9 Å². The molecule has 3 aromatic rings. The first-order valence-electron chi connectivity index (χ1n) is 8.98. The van der Waals surface area contributed by atoms with E-state index in [0.717, 1.165) is 35.5 Å². The second kappa shape index (κ2) is 8.66. The number of benzene rings is 1. The van der Waals surface area contributed by atoms with Crippen molar-refractivity contribution in [3.8, 4) is 5.75 Å². The number of hydrogen-bond acceptors (Lipinski definition) is 7. The number of nitrogens with zero attached hydrogens (tertiary/aromatic N) is 4. The number of rotatable bonds is 7. The Bertz CT molecular complexity index is 910. The third-order valence-electron chi connectivity index (χ3n) is 4.47. The molecule has 1 aliphatic heterocycles. The normalized spacial score (nSPS) is 14.4. The molecule has 0 N–H and O–H groups in total. The number of aromatic nitrogens is 3. The predicted molar refractivity (Wildman–Crippen MR) is 103 cm³/mol. The van der Waals surface area contributed by atoms with Gasteiger partial charge in [-0.15, -0.1) is 10.2 Å². The van der Waals surface area contributed by atoms with Crippen molar-refractivity contribution in [2.45, 2.75) is 17.5 Å². The van der Waals surface area contributed by atoms with Gasteiger partial charge in [0.2, 0.25) is 5.95 Å². The summed E-state index contributed by atoms with van der Waals surface area (Å²) >= 11 is 1.51. The van der Waals surface area contributed by atoms with Crippen molar-refractivity contribution in [2.24, 2.45) is 0 Å². The van der Waals surface area contributed by atoms with Crippen molar-refractivity contribution in [1.29, 1.82) is 0 Å². The Morgan fingerprint density at radius 3 is 2.79 bits per heavy atom. The van der Waals surface area contributed by atoms with Gasteiger partial charge in [-0.25, -0.2) is 4.39 Å². The van der Waals surface area contributed by atoms with E-state index >= 15 is 0 Å². The highest BCUT2D eigenvalue weighted by Gasteiger charge is 2.21. The molecule has 0 saturated carbocycles. The van der Waals surface area contributed by atoms with Crippen molar-refractivity contribution < 1.29 is 18.3 Å². The Morgan fingerprint density at radius 1 is 1.21 bits per heavy atom. The maximum Gasteiger partial charge on any atom is 0.228 e. The van der Waals surface area contributed by atoms with Gasteiger partial charge < -0.3 is 18.8 Å². The monoisotopic (exact) mass is 404 g/mol. The number of halogens is 1. The molecule has 0 amide bonds. The molecule has 3 heterocycles. The molecule has 4 rings (SSSR count). The van der Waals surface area contributed by atoms with E-state index in [1.807, 2.05) is 22.8 Å². The highest BCUT2D eigenvalue weighted by Crippen LogP contribution is 2.28. The molecule has 0 bridgehead atoms. The standard InChI is InChI=1S/C19H21FN4O3S/c1-25-17-5-4-14(11-16(17)20)13-28-19-22-21-18(23-6-9-26-10-7-23)24(19)12-15-3-2-8-27-15/h2-5,8,11H,6-7,9-10,12-13H2,1H3. The first-order chi connectivity index (χ1) is 13.7. The van der Waals surface area contributed by atoms with E-state index in [4.69, 9.17) is 13.9 Å². The number of thioether (sulfide) groups is 1. The third kappa shape index (κ3) is 4.15. The lowest BCUT2D eigenvalue weighted by atomic mass is 10.2. The van der Waals surface area contributed by atoms with Gasteiger partial charge in [-0.05, 0) is 29.8 Å². The van der Waals surface area contributed by atoms with E-state index in [2.05, 4.69) is 15.1 Å². The number of hydrogen-bond donors (Lipinski definition) is 0. The van der Waals surface area contributed by atoms with Crippen LogP contribution < -0.4 is 9.64 Å². The van der Waals surface area contributed by atoms with Crippen molar-refractivity contribution in [3.05, 3.63) is 53.7 Å². The van der Waals surface area contributed by atoms with Crippen LogP contribution in [0.3, 0.4) is 0 Å². The summed E-state index contributed by atoms with van der Waals surface area (Å²) in [5.74, 6) is 2.06. The summed E-state index contributed by atoms with van der Waals surface area (Å²) in [6.07, 6.45) is 1.65. The topological polar surface area (TPSA) is 65.6 Å². The number of furan rings is 1. The molecule has 0 radical (unpaired) electrons. The summed E-state index contributed by atoms with van der Waals surface area (Å²) in [7, 11) is 1.46. The molecule has 1 fully saturated rings. The van der Waals surface area contributed by atoms with Crippen molar-refractivity contribution in [2.75, 3.05) is 38.3 Å². The summed E-state index contributed by atoms with van der Waals surface area (Å²) in [5, 5.41) is 9.54. The Balaban J connectivity index is 1.55. The molecule has 28 heavy (non-hydrogen) atoms. The van der Waals surface area contributed by atoms with Crippen LogP contribution in [0.15, 0.2) is 46.2 Å². The number of methoxy groups -OCH3 is 1. The summed E-state index contributed by atoms with van der Waals surface area (Å²) in [6.45, 7) is 3.41. The third-order valence-corrected chi connectivity index (χ3v) is 5.51. The molecule has 1 aromatic carbocycles. The highest BCUT2D eigenvalue weighted by molar-refractivity contribution is 7.98. The van der Waals surface area contributed by atoms with Gasteiger partial charge in [0, 0.05) is 18.8 Å². The Morgan fingerprint density at radius 2 is 2.07 bits per heavy atom. The summed E-state index contributed by atoms with van der Waals surface area (Å²) in [6, 6.07) is 8.77. The van der Waals surface area contributed by atoms with Gasteiger partial charge in [-0.1, -0.05) is 17.8 Å². The Labute approximate surface area is 166 Å². The zero-order valence-electron chi connectivity index (χ0n) is 15.5. The average Bonchev–Trinajstić information content (AvgIpc) is 3.38. The minimum atomic E-state index is -0.369. The lowest BCUT2D eigenvalue weighted by molar-refractivity contribution is 0.121. The van der Waals surface area contributed by atoms with Crippen LogP contribution in [0.4, 0.5) is 10.3 Å². The lowest BCUT2D eigenvalue weighted by Gasteiger charge is -2.27.